The predicted octanol–water partition coefficient (Wildman–Crippen LogP) is 1.65. The summed E-state index contributed by atoms with van der Waals surface area (Å²) in [5.74, 6) is 0.873. The number of benzene rings is 1. The molecule has 7 heteroatoms. The molecule has 4 rings (SSSR count). The standard InChI is InChI=1S/C16H21N3O3S/c1-23(20,21)13-5-6-15-14(7-13)18-16-10-22-9-12(19(15)16)8-17-11-3-2-4-11/h5-7,11-12,17H,2-4,8-10H2,1H3/t12-/m0/s1. The van der Waals surface area contributed by atoms with Gasteiger partial charge in [-0.2, -0.15) is 0 Å². The first kappa shape index (κ1) is 15.1. The molecule has 1 aliphatic carbocycles. The highest BCUT2D eigenvalue weighted by molar-refractivity contribution is 7.90. The van der Waals surface area contributed by atoms with Crippen molar-refractivity contribution in [3.63, 3.8) is 0 Å². The van der Waals surface area contributed by atoms with E-state index in [0.29, 0.717) is 24.2 Å². The van der Waals surface area contributed by atoms with Crippen LogP contribution >= 0.6 is 0 Å². The first-order valence-corrected chi connectivity index (χ1v) is 9.93. The molecule has 0 amide bonds. The minimum Gasteiger partial charge on any atom is -0.371 e. The highest BCUT2D eigenvalue weighted by Crippen LogP contribution is 2.28. The maximum Gasteiger partial charge on any atom is 0.175 e. The van der Waals surface area contributed by atoms with Crippen LogP contribution in [0.2, 0.25) is 0 Å². The smallest absolute Gasteiger partial charge is 0.175 e. The number of nitrogens with one attached hydrogen (secondary N) is 1. The Hall–Kier alpha value is -1.44. The number of sulfone groups is 1. The predicted molar refractivity (Wildman–Crippen MR) is 87.2 cm³/mol. The van der Waals surface area contributed by atoms with Crippen LogP contribution in [-0.4, -0.2) is 43.4 Å². The third-order valence-electron chi connectivity index (χ3n) is 4.82. The van der Waals surface area contributed by atoms with E-state index in [4.69, 9.17) is 4.74 Å². The van der Waals surface area contributed by atoms with Crippen molar-refractivity contribution < 1.29 is 13.2 Å². The van der Waals surface area contributed by atoms with Gasteiger partial charge in [-0.25, -0.2) is 13.4 Å². The van der Waals surface area contributed by atoms with Gasteiger partial charge in [0, 0.05) is 18.8 Å². The number of hydrogen-bond acceptors (Lipinski definition) is 5. The number of aromatic nitrogens is 2. The molecule has 23 heavy (non-hydrogen) atoms. The second kappa shape index (κ2) is 5.58. The van der Waals surface area contributed by atoms with Crippen LogP contribution < -0.4 is 5.32 Å². The fraction of sp³-hybridized carbons (Fsp3) is 0.562. The summed E-state index contributed by atoms with van der Waals surface area (Å²) in [6, 6.07) is 6.02. The van der Waals surface area contributed by atoms with Crippen LogP contribution in [0, 0.1) is 0 Å². The van der Waals surface area contributed by atoms with Gasteiger partial charge in [-0.05, 0) is 31.0 Å². The summed E-state index contributed by atoms with van der Waals surface area (Å²) in [5, 5.41) is 3.60. The zero-order chi connectivity index (χ0) is 16.0. The van der Waals surface area contributed by atoms with Crippen LogP contribution in [0.5, 0.6) is 0 Å². The quantitative estimate of drug-likeness (QED) is 0.920. The van der Waals surface area contributed by atoms with Crippen molar-refractivity contribution in [3.05, 3.63) is 24.0 Å². The lowest BCUT2D eigenvalue weighted by molar-refractivity contribution is 0.0546. The lowest BCUT2D eigenvalue weighted by Gasteiger charge is -2.31. The van der Waals surface area contributed by atoms with E-state index in [1.807, 2.05) is 6.07 Å². The second-order valence-electron chi connectivity index (χ2n) is 6.53. The van der Waals surface area contributed by atoms with E-state index in [1.165, 1.54) is 25.5 Å². The fourth-order valence-corrected chi connectivity index (χ4v) is 3.94. The Kier molecular flexibility index (Phi) is 3.66. The Bertz CT molecular complexity index is 840. The van der Waals surface area contributed by atoms with Crippen LogP contribution in [0.1, 0.15) is 31.1 Å². The number of nitrogens with zero attached hydrogens (tertiary/aromatic N) is 2. The van der Waals surface area contributed by atoms with Gasteiger partial charge in [0.1, 0.15) is 12.4 Å². The zero-order valence-corrected chi connectivity index (χ0v) is 14.0. The largest absolute Gasteiger partial charge is 0.371 e. The molecule has 1 saturated carbocycles. The zero-order valence-electron chi connectivity index (χ0n) is 13.2. The molecule has 1 fully saturated rings. The first-order valence-electron chi connectivity index (χ1n) is 8.04. The van der Waals surface area contributed by atoms with Gasteiger partial charge in [-0.3, -0.25) is 0 Å². The Morgan fingerprint density at radius 3 is 2.91 bits per heavy atom. The van der Waals surface area contributed by atoms with E-state index >= 15 is 0 Å². The molecule has 0 radical (unpaired) electrons. The van der Waals surface area contributed by atoms with E-state index < -0.39 is 9.84 Å². The van der Waals surface area contributed by atoms with Crippen LogP contribution in [-0.2, 0) is 21.2 Å². The van der Waals surface area contributed by atoms with E-state index in [-0.39, 0.29) is 6.04 Å². The molecule has 6 nitrogen and oxygen atoms in total. The number of ether oxygens (including phenoxy) is 1. The van der Waals surface area contributed by atoms with Crippen molar-refractivity contribution in [1.82, 2.24) is 14.9 Å². The average molecular weight is 335 g/mol. The molecule has 1 aromatic heterocycles. The fourth-order valence-electron chi connectivity index (χ4n) is 3.29. The van der Waals surface area contributed by atoms with Crippen LogP contribution in [0.15, 0.2) is 23.1 Å². The minimum atomic E-state index is -3.22. The maximum absolute atomic E-state index is 11.7. The van der Waals surface area contributed by atoms with Crippen LogP contribution in [0.25, 0.3) is 11.0 Å². The third-order valence-corrected chi connectivity index (χ3v) is 5.93. The van der Waals surface area contributed by atoms with Crippen molar-refractivity contribution in [2.75, 3.05) is 19.4 Å². The van der Waals surface area contributed by atoms with Crippen molar-refractivity contribution >= 4 is 20.9 Å². The molecule has 0 unspecified atom stereocenters. The molecular weight excluding hydrogens is 314 g/mol. The summed E-state index contributed by atoms with van der Waals surface area (Å²) < 4.78 is 31.3. The van der Waals surface area contributed by atoms with Crippen molar-refractivity contribution in [3.8, 4) is 0 Å². The molecule has 0 spiro atoms. The van der Waals surface area contributed by atoms with Crippen molar-refractivity contribution in [2.24, 2.45) is 0 Å². The Balaban J connectivity index is 1.69. The van der Waals surface area contributed by atoms with Gasteiger partial charge in [0.25, 0.3) is 0 Å². The molecule has 1 N–H and O–H groups in total. The molecule has 1 aliphatic heterocycles. The SMILES string of the molecule is CS(=O)(=O)c1ccc2c(c1)nc1n2[C@@H](CNC2CCC2)COC1. The number of hydrogen-bond donors (Lipinski definition) is 1. The van der Waals surface area contributed by atoms with Crippen LogP contribution in [0.4, 0.5) is 0 Å². The molecular formula is C16H21N3O3S. The summed E-state index contributed by atoms with van der Waals surface area (Å²) in [6.45, 7) is 1.99. The third kappa shape index (κ3) is 2.77. The van der Waals surface area contributed by atoms with Crippen molar-refractivity contribution in [2.45, 2.75) is 42.8 Å². The lowest BCUT2D eigenvalue weighted by atomic mass is 9.93. The van der Waals surface area contributed by atoms with E-state index in [9.17, 15) is 8.42 Å². The summed E-state index contributed by atoms with van der Waals surface area (Å²) in [5.41, 5.74) is 1.71. The second-order valence-corrected chi connectivity index (χ2v) is 8.54. The van der Waals surface area contributed by atoms with Gasteiger partial charge in [-0.15, -0.1) is 0 Å². The molecule has 2 aromatic rings. The molecule has 0 saturated heterocycles. The molecule has 1 atom stereocenters. The molecule has 1 aromatic carbocycles. The van der Waals surface area contributed by atoms with Crippen molar-refractivity contribution in [1.29, 1.82) is 0 Å². The van der Waals surface area contributed by atoms with E-state index in [0.717, 1.165) is 23.4 Å². The van der Waals surface area contributed by atoms with Gasteiger partial charge in [0.05, 0.1) is 28.6 Å². The Labute approximate surface area is 135 Å². The topological polar surface area (TPSA) is 73.2 Å². The first-order chi connectivity index (χ1) is 11.0. The van der Waals surface area contributed by atoms with Gasteiger partial charge in [0.15, 0.2) is 9.84 Å². The minimum absolute atomic E-state index is 0.202. The average Bonchev–Trinajstić information content (AvgIpc) is 2.83. The number of imidazole rings is 1. The van der Waals surface area contributed by atoms with Gasteiger partial charge < -0.3 is 14.6 Å². The maximum atomic E-state index is 11.7. The van der Waals surface area contributed by atoms with E-state index in [1.54, 1.807) is 12.1 Å². The number of rotatable bonds is 4. The molecule has 0 bridgehead atoms. The molecule has 124 valence electrons. The summed E-state index contributed by atoms with van der Waals surface area (Å²) in [4.78, 5) is 4.90. The Morgan fingerprint density at radius 1 is 1.39 bits per heavy atom. The lowest BCUT2D eigenvalue weighted by Crippen LogP contribution is -2.41. The van der Waals surface area contributed by atoms with Gasteiger partial charge in [-0.1, -0.05) is 6.42 Å². The van der Waals surface area contributed by atoms with E-state index in [2.05, 4.69) is 14.9 Å². The highest BCUT2D eigenvalue weighted by Gasteiger charge is 2.26. The molecule has 2 aliphatic rings. The Morgan fingerprint density at radius 2 is 2.22 bits per heavy atom. The van der Waals surface area contributed by atoms with Gasteiger partial charge >= 0.3 is 0 Å². The van der Waals surface area contributed by atoms with Gasteiger partial charge in [0.2, 0.25) is 0 Å². The normalized spacial score (nSPS) is 22.0. The summed E-state index contributed by atoms with van der Waals surface area (Å²) >= 11 is 0. The monoisotopic (exact) mass is 335 g/mol. The number of fused-ring (bicyclic) bond motifs is 3. The summed E-state index contributed by atoms with van der Waals surface area (Å²) in [7, 11) is -3.22. The van der Waals surface area contributed by atoms with Crippen LogP contribution in [0.3, 0.4) is 0 Å². The highest BCUT2D eigenvalue weighted by atomic mass is 32.2. The molecule has 2 heterocycles. The summed E-state index contributed by atoms with van der Waals surface area (Å²) in [6.07, 6.45) is 5.04.